The monoisotopic (exact) mass is 361 g/mol. The maximum atomic E-state index is 13.2. The van der Waals surface area contributed by atoms with Crippen molar-refractivity contribution in [1.29, 1.82) is 0 Å². The molecule has 0 radical (unpaired) electrons. The second-order valence-corrected chi connectivity index (χ2v) is 7.21. The van der Waals surface area contributed by atoms with Gasteiger partial charge in [-0.15, -0.1) is 0 Å². The highest BCUT2D eigenvalue weighted by Crippen LogP contribution is 2.24. The molecule has 0 atom stereocenters. The van der Waals surface area contributed by atoms with Gasteiger partial charge in [-0.1, -0.05) is 36.7 Å². The first-order valence-electron chi connectivity index (χ1n) is 8.38. The zero-order valence-electron chi connectivity index (χ0n) is 14.0. The number of rotatable bonds is 4. The molecule has 2 amide bonds. The van der Waals surface area contributed by atoms with Crippen LogP contribution in [0.4, 0.5) is 9.52 Å². The molecule has 0 aliphatic heterocycles. The number of thiazole rings is 1. The van der Waals surface area contributed by atoms with E-state index >= 15 is 0 Å². The maximum Gasteiger partial charge on any atom is 0.263 e. The van der Waals surface area contributed by atoms with Crippen LogP contribution in [0.2, 0.25) is 0 Å². The van der Waals surface area contributed by atoms with Crippen LogP contribution in [-0.4, -0.2) is 22.8 Å². The predicted molar refractivity (Wildman–Crippen MR) is 95.5 cm³/mol. The maximum absolute atomic E-state index is 13.2. The van der Waals surface area contributed by atoms with Crippen LogP contribution in [0, 0.1) is 12.7 Å². The molecule has 7 heteroatoms. The van der Waals surface area contributed by atoms with Crippen LogP contribution < -0.4 is 10.6 Å². The lowest BCUT2D eigenvalue weighted by atomic mass is 9.95. The average molecular weight is 361 g/mol. The highest BCUT2D eigenvalue weighted by molar-refractivity contribution is 7.17. The van der Waals surface area contributed by atoms with E-state index in [-0.39, 0.29) is 17.5 Å². The SMILES string of the molecule is Cc1nc(NC(=O)c2cccc(F)c2)sc1C(=O)NC1CCCCC1. The molecule has 0 bridgehead atoms. The van der Waals surface area contributed by atoms with Crippen molar-refractivity contribution in [3.63, 3.8) is 0 Å². The summed E-state index contributed by atoms with van der Waals surface area (Å²) in [5.41, 5.74) is 0.786. The van der Waals surface area contributed by atoms with Crippen molar-refractivity contribution in [3.8, 4) is 0 Å². The summed E-state index contributed by atoms with van der Waals surface area (Å²) in [5, 5.41) is 6.01. The van der Waals surface area contributed by atoms with Gasteiger partial charge in [0.1, 0.15) is 10.7 Å². The summed E-state index contributed by atoms with van der Waals surface area (Å²) in [6, 6.07) is 5.65. The molecule has 1 saturated carbocycles. The fourth-order valence-corrected chi connectivity index (χ4v) is 3.82. The first-order valence-corrected chi connectivity index (χ1v) is 9.20. The van der Waals surface area contributed by atoms with E-state index in [9.17, 15) is 14.0 Å². The van der Waals surface area contributed by atoms with Gasteiger partial charge in [0.05, 0.1) is 5.69 Å². The highest BCUT2D eigenvalue weighted by Gasteiger charge is 2.21. The molecule has 0 unspecified atom stereocenters. The van der Waals surface area contributed by atoms with E-state index in [2.05, 4.69) is 15.6 Å². The molecule has 2 N–H and O–H groups in total. The molecule has 0 spiro atoms. The average Bonchev–Trinajstić information content (AvgIpc) is 2.96. The van der Waals surface area contributed by atoms with Crippen molar-refractivity contribution in [2.45, 2.75) is 45.1 Å². The van der Waals surface area contributed by atoms with Crippen molar-refractivity contribution in [1.82, 2.24) is 10.3 Å². The number of hydrogen-bond donors (Lipinski definition) is 2. The normalized spacial score (nSPS) is 15.0. The van der Waals surface area contributed by atoms with E-state index in [4.69, 9.17) is 0 Å². The Kier molecular flexibility index (Phi) is 5.43. The minimum absolute atomic E-state index is 0.145. The predicted octanol–water partition coefficient (Wildman–Crippen LogP) is 3.91. The van der Waals surface area contributed by atoms with Crippen LogP contribution in [0.3, 0.4) is 0 Å². The van der Waals surface area contributed by atoms with Crippen molar-refractivity contribution in [2.24, 2.45) is 0 Å². The fraction of sp³-hybridized carbons (Fsp3) is 0.389. The summed E-state index contributed by atoms with van der Waals surface area (Å²) in [4.78, 5) is 29.4. The molecule has 1 fully saturated rings. The minimum atomic E-state index is -0.476. The van der Waals surface area contributed by atoms with Crippen LogP contribution in [0.1, 0.15) is 57.8 Å². The number of aromatic nitrogens is 1. The number of anilines is 1. The van der Waals surface area contributed by atoms with Crippen LogP contribution in [0.5, 0.6) is 0 Å². The lowest BCUT2D eigenvalue weighted by Gasteiger charge is -2.22. The van der Waals surface area contributed by atoms with Gasteiger partial charge in [0.15, 0.2) is 5.13 Å². The molecule has 132 valence electrons. The van der Waals surface area contributed by atoms with E-state index in [1.165, 1.54) is 24.6 Å². The Morgan fingerprint density at radius 3 is 2.68 bits per heavy atom. The Morgan fingerprint density at radius 1 is 1.20 bits per heavy atom. The number of carbonyl (C=O) groups excluding carboxylic acids is 2. The quantitative estimate of drug-likeness (QED) is 0.867. The number of carbonyl (C=O) groups is 2. The van der Waals surface area contributed by atoms with E-state index in [1.54, 1.807) is 6.92 Å². The molecule has 1 aromatic carbocycles. The largest absolute Gasteiger partial charge is 0.349 e. The lowest BCUT2D eigenvalue weighted by Crippen LogP contribution is -2.36. The second kappa shape index (κ2) is 7.74. The molecular formula is C18H20FN3O2S. The Morgan fingerprint density at radius 2 is 1.96 bits per heavy atom. The molecule has 1 heterocycles. The van der Waals surface area contributed by atoms with Crippen molar-refractivity contribution >= 4 is 28.3 Å². The van der Waals surface area contributed by atoms with Crippen LogP contribution >= 0.6 is 11.3 Å². The van der Waals surface area contributed by atoms with Crippen molar-refractivity contribution < 1.29 is 14.0 Å². The Hall–Kier alpha value is -2.28. The molecule has 3 rings (SSSR count). The number of nitrogens with zero attached hydrogens (tertiary/aromatic N) is 1. The number of aryl methyl sites for hydroxylation is 1. The van der Waals surface area contributed by atoms with Gasteiger partial charge >= 0.3 is 0 Å². The Labute approximate surface area is 149 Å². The number of nitrogens with one attached hydrogen (secondary N) is 2. The third-order valence-corrected chi connectivity index (χ3v) is 5.32. The molecule has 0 saturated heterocycles. The smallest absolute Gasteiger partial charge is 0.263 e. The van der Waals surface area contributed by atoms with Crippen molar-refractivity contribution in [2.75, 3.05) is 5.32 Å². The van der Waals surface area contributed by atoms with Gasteiger partial charge in [0, 0.05) is 11.6 Å². The van der Waals surface area contributed by atoms with E-state index in [0.29, 0.717) is 15.7 Å². The lowest BCUT2D eigenvalue weighted by molar-refractivity contribution is 0.0930. The molecule has 2 aromatic rings. The van der Waals surface area contributed by atoms with Crippen LogP contribution in [0.25, 0.3) is 0 Å². The second-order valence-electron chi connectivity index (χ2n) is 6.21. The molecular weight excluding hydrogens is 341 g/mol. The third-order valence-electron chi connectivity index (χ3n) is 4.25. The van der Waals surface area contributed by atoms with Gasteiger partial charge in [0.2, 0.25) is 0 Å². The molecule has 1 aliphatic rings. The van der Waals surface area contributed by atoms with Gasteiger partial charge in [-0.25, -0.2) is 9.37 Å². The summed E-state index contributed by atoms with van der Waals surface area (Å²) in [7, 11) is 0. The molecule has 1 aliphatic carbocycles. The summed E-state index contributed by atoms with van der Waals surface area (Å²) in [6.07, 6.45) is 5.52. The van der Waals surface area contributed by atoms with Gasteiger partial charge in [0.25, 0.3) is 11.8 Å². The van der Waals surface area contributed by atoms with E-state index < -0.39 is 11.7 Å². The Balaban J connectivity index is 1.67. The summed E-state index contributed by atoms with van der Waals surface area (Å²) >= 11 is 1.13. The fourth-order valence-electron chi connectivity index (χ4n) is 2.96. The molecule has 25 heavy (non-hydrogen) atoms. The zero-order chi connectivity index (χ0) is 17.8. The van der Waals surface area contributed by atoms with Gasteiger partial charge in [-0.05, 0) is 38.0 Å². The first kappa shape index (κ1) is 17.5. The highest BCUT2D eigenvalue weighted by atomic mass is 32.1. The number of halogens is 1. The topological polar surface area (TPSA) is 71.1 Å². The van der Waals surface area contributed by atoms with E-state index in [1.807, 2.05) is 0 Å². The van der Waals surface area contributed by atoms with E-state index in [0.717, 1.165) is 43.1 Å². The van der Waals surface area contributed by atoms with Crippen LogP contribution in [0.15, 0.2) is 24.3 Å². The number of amides is 2. The van der Waals surface area contributed by atoms with Crippen LogP contribution in [-0.2, 0) is 0 Å². The summed E-state index contributed by atoms with van der Waals surface area (Å²) in [6.45, 7) is 1.74. The van der Waals surface area contributed by atoms with Crippen molar-refractivity contribution in [3.05, 3.63) is 46.2 Å². The third kappa shape index (κ3) is 4.42. The molecule has 5 nitrogen and oxygen atoms in total. The first-order chi connectivity index (χ1) is 12.0. The van der Waals surface area contributed by atoms with Gasteiger partial charge < -0.3 is 5.32 Å². The standard InChI is InChI=1S/C18H20FN3O2S/c1-11-15(17(24)21-14-8-3-2-4-9-14)25-18(20-11)22-16(23)12-6-5-7-13(19)10-12/h5-7,10,14H,2-4,8-9H2,1H3,(H,21,24)(H,20,22,23). The zero-order valence-corrected chi connectivity index (χ0v) is 14.8. The summed E-state index contributed by atoms with van der Waals surface area (Å²) < 4.78 is 13.2. The molecule has 1 aromatic heterocycles. The van der Waals surface area contributed by atoms with Gasteiger partial charge in [-0.2, -0.15) is 0 Å². The van der Waals surface area contributed by atoms with Gasteiger partial charge in [-0.3, -0.25) is 14.9 Å². The minimum Gasteiger partial charge on any atom is -0.349 e. The summed E-state index contributed by atoms with van der Waals surface area (Å²) in [5.74, 6) is -1.07. The number of benzene rings is 1. The Bertz CT molecular complexity index is 784. The number of hydrogen-bond acceptors (Lipinski definition) is 4.